The fourth-order valence-electron chi connectivity index (χ4n) is 2.62. The first kappa shape index (κ1) is 16.2. The molecule has 0 aliphatic carbocycles. The molecule has 0 spiro atoms. The molecule has 0 aliphatic rings. The second kappa shape index (κ2) is 5.77. The minimum Gasteiger partial charge on any atom is -0.358 e. The molecule has 2 aromatic heterocycles. The SMILES string of the molecule is CC[C@@H](Nc1nc2ccc(F)cc2c2c(=O)[nH]ccc12)C(F)(F)F. The molecule has 3 aromatic rings. The number of aromatic nitrogens is 2. The number of hydrogen-bond acceptors (Lipinski definition) is 3. The summed E-state index contributed by atoms with van der Waals surface area (Å²) in [5.41, 5.74) is -0.284. The maximum absolute atomic E-state index is 13.5. The molecule has 24 heavy (non-hydrogen) atoms. The summed E-state index contributed by atoms with van der Waals surface area (Å²) in [5, 5.41) is 2.92. The van der Waals surface area contributed by atoms with Crippen LogP contribution in [0.2, 0.25) is 0 Å². The zero-order chi connectivity index (χ0) is 17.5. The third-order valence-electron chi connectivity index (χ3n) is 3.79. The van der Waals surface area contributed by atoms with E-state index in [4.69, 9.17) is 0 Å². The molecule has 8 heteroatoms. The molecule has 2 heterocycles. The van der Waals surface area contributed by atoms with E-state index in [1.807, 2.05) is 0 Å². The molecule has 1 atom stereocenters. The molecule has 4 nitrogen and oxygen atoms in total. The highest BCUT2D eigenvalue weighted by Gasteiger charge is 2.38. The number of alkyl halides is 3. The van der Waals surface area contributed by atoms with Crippen LogP contribution in [0, 0.1) is 5.82 Å². The fraction of sp³-hybridized carbons (Fsp3) is 0.250. The number of pyridine rings is 2. The van der Waals surface area contributed by atoms with Crippen LogP contribution in [0.4, 0.5) is 23.4 Å². The van der Waals surface area contributed by atoms with Crippen LogP contribution in [0.3, 0.4) is 0 Å². The van der Waals surface area contributed by atoms with Gasteiger partial charge in [0, 0.05) is 17.0 Å². The van der Waals surface area contributed by atoms with Crippen molar-refractivity contribution in [3.8, 4) is 0 Å². The predicted octanol–water partition coefficient (Wildman–Crippen LogP) is 3.97. The van der Waals surface area contributed by atoms with Crippen molar-refractivity contribution in [3.05, 3.63) is 46.6 Å². The van der Waals surface area contributed by atoms with Crippen molar-refractivity contribution in [1.29, 1.82) is 0 Å². The third-order valence-corrected chi connectivity index (χ3v) is 3.79. The van der Waals surface area contributed by atoms with Crippen LogP contribution < -0.4 is 10.9 Å². The van der Waals surface area contributed by atoms with Gasteiger partial charge in [-0.25, -0.2) is 9.37 Å². The molecule has 0 unspecified atom stereocenters. The van der Waals surface area contributed by atoms with E-state index in [9.17, 15) is 22.4 Å². The highest BCUT2D eigenvalue weighted by molar-refractivity contribution is 6.09. The number of fused-ring (bicyclic) bond motifs is 3. The number of anilines is 1. The van der Waals surface area contributed by atoms with Crippen molar-refractivity contribution in [2.75, 3.05) is 5.32 Å². The zero-order valence-electron chi connectivity index (χ0n) is 12.5. The smallest absolute Gasteiger partial charge is 0.358 e. The lowest BCUT2D eigenvalue weighted by atomic mass is 10.1. The Morgan fingerprint density at radius 1 is 1.25 bits per heavy atom. The Morgan fingerprint density at radius 3 is 2.67 bits per heavy atom. The van der Waals surface area contributed by atoms with E-state index in [0.29, 0.717) is 0 Å². The van der Waals surface area contributed by atoms with E-state index in [0.717, 1.165) is 12.1 Å². The first-order valence-corrected chi connectivity index (χ1v) is 7.25. The number of H-pyrrole nitrogens is 1. The molecular formula is C16H13F4N3O. The standard InChI is InChI=1S/C16H13F4N3O/c1-2-12(16(18,19)20)23-14-9-5-6-21-15(24)13(9)10-7-8(17)3-4-11(10)22-14/h3-7,12H,2H2,1H3,(H,21,24)(H,22,23)/t12-/m1/s1. The average molecular weight is 339 g/mol. The van der Waals surface area contributed by atoms with Gasteiger partial charge in [0.15, 0.2) is 0 Å². The van der Waals surface area contributed by atoms with Crippen LogP contribution in [-0.2, 0) is 0 Å². The highest BCUT2D eigenvalue weighted by atomic mass is 19.4. The van der Waals surface area contributed by atoms with Gasteiger partial charge in [-0.05, 0) is 30.7 Å². The van der Waals surface area contributed by atoms with E-state index in [-0.39, 0.29) is 33.9 Å². The van der Waals surface area contributed by atoms with Crippen LogP contribution >= 0.6 is 0 Å². The summed E-state index contributed by atoms with van der Waals surface area (Å²) in [5.74, 6) is -0.615. The molecule has 0 aliphatic heterocycles. The Kier molecular flexibility index (Phi) is 3.90. The van der Waals surface area contributed by atoms with Gasteiger partial charge in [0.1, 0.15) is 17.7 Å². The van der Waals surface area contributed by atoms with Gasteiger partial charge in [-0.1, -0.05) is 6.92 Å². The van der Waals surface area contributed by atoms with Gasteiger partial charge < -0.3 is 10.3 Å². The number of aromatic amines is 1. The quantitative estimate of drug-likeness (QED) is 0.561. The lowest BCUT2D eigenvalue weighted by molar-refractivity contribution is -0.142. The molecule has 0 bridgehead atoms. The van der Waals surface area contributed by atoms with E-state index < -0.39 is 23.6 Å². The summed E-state index contributed by atoms with van der Waals surface area (Å²) in [6.45, 7) is 1.40. The van der Waals surface area contributed by atoms with E-state index in [1.165, 1.54) is 25.3 Å². The average Bonchev–Trinajstić information content (AvgIpc) is 2.51. The second-order valence-electron chi connectivity index (χ2n) is 5.36. The van der Waals surface area contributed by atoms with Crippen LogP contribution in [0.15, 0.2) is 35.3 Å². The van der Waals surface area contributed by atoms with E-state index in [2.05, 4.69) is 15.3 Å². The van der Waals surface area contributed by atoms with Crippen molar-refractivity contribution in [2.45, 2.75) is 25.6 Å². The zero-order valence-corrected chi connectivity index (χ0v) is 12.5. The summed E-state index contributed by atoms with van der Waals surface area (Å²) in [6.07, 6.45) is -3.34. The van der Waals surface area contributed by atoms with Crippen molar-refractivity contribution in [1.82, 2.24) is 9.97 Å². The van der Waals surface area contributed by atoms with Gasteiger partial charge in [-0.15, -0.1) is 0 Å². The second-order valence-corrected chi connectivity index (χ2v) is 5.36. The molecule has 1 aromatic carbocycles. The highest BCUT2D eigenvalue weighted by Crippen LogP contribution is 2.31. The van der Waals surface area contributed by atoms with E-state index in [1.54, 1.807) is 0 Å². The summed E-state index contributed by atoms with van der Waals surface area (Å²) < 4.78 is 52.6. The molecule has 126 valence electrons. The van der Waals surface area contributed by atoms with Gasteiger partial charge in [0.05, 0.1) is 10.9 Å². The normalized spacial score (nSPS) is 13.4. The largest absolute Gasteiger partial charge is 0.408 e. The number of halogens is 4. The molecular weight excluding hydrogens is 326 g/mol. The lowest BCUT2D eigenvalue weighted by Gasteiger charge is -2.21. The first-order valence-electron chi connectivity index (χ1n) is 7.25. The number of hydrogen-bond donors (Lipinski definition) is 2. The Labute approximate surface area is 133 Å². The summed E-state index contributed by atoms with van der Waals surface area (Å²) >= 11 is 0. The topological polar surface area (TPSA) is 57.8 Å². The predicted molar refractivity (Wildman–Crippen MR) is 83.6 cm³/mol. The molecule has 3 rings (SSSR count). The van der Waals surface area contributed by atoms with Crippen molar-refractivity contribution in [3.63, 3.8) is 0 Å². The van der Waals surface area contributed by atoms with Gasteiger partial charge in [-0.3, -0.25) is 4.79 Å². The minimum atomic E-state index is -4.46. The molecule has 0 saturated carbocycles. The number of rotatable bonds is 3. The van der Waals surface area contributed by atoms with Crippen molar-refractivity contribution in [2.24, 2.45) is 0 Å². The lowest BCUT2D eigenvalue weighted by Crippen LogP contribution is -2.36. The maximum atomic E-state index is 13.5. The maximum Gasteiger partial charge on any atom is 0.408 e. The first-order chi connectivity index (χ1) is 11.3. The number of benzene rings is 1. The fourth-order valence-corrected chi connectivity index (χ4v) is 2.62. The van der Waals surface area contributed by atoms with Crippen LogP contribution in [0.1, 0.15) is 13.3 Å². The minimum absolute atomic E-state index is 0.0561. The Hall–Kier alpha value is -2.64. The van der Waals surface area contributed by atoms with E-state index >= 15 is 0 Å². The molecule has 0 saturated heterocycles. The molecule has 0 amide bonds. The van der Waals surface area contributed by atoms with Crippen LogP contribution in [0.5, 0.6) is 0 Å². The van der Waals surface area contributed by atoms with Crippen molar-refractivity contribution >= 4 is 27.5 Å². The summed E-state index contributed by atoms with van der Waals surface area (Å²) in [4.78, 5) is 18.8. The molecule has 2 N–H and O–H groups in total. The van der Waals surface area contributed by atoms with Gasteiger partial charge >= 0.3 is 6.18 Å². The Morgan fingerprint density at radius 2 is 2.00 bits per heavy atom. The van der Waals surface area contributed by atoms with Crippen LogP contribution in [0.25, 0.3) is 21.7 Å². The van der Waals surface area contributed by atoms with Crippen LogP contribution in [-0.4, -0.2) is 22.2 Å². The van der Waals surface area contributed by atoms with Crippen molar-refractivity contribution < 1.29 is 17.6 Å². The number of nitrogens with zero attached hydrogens (tertiary/aromatic N) is 1. The molecule has 0 radical (unpaired) electrons. The summed E-state index contributed by atoms with van der Waals surface area (Å²) in [6, 6.07) is 3.26. The molecule has 0 fully saturated rings. The number of nitrogens with one attached hydrogen (secondary N) is 2. The summed E-state index contributed by atoms with van der Waals surface area (Å²) in [7, 11) is 0. The van der Waals surface area contributed by atoms with Gasteiger partial charge in [0.25, 0.3) is 5.56 Å². The Bertz CT molecular complexity index is 965. The third kappa shape index (κ3) is 2.79. The van der Waals surface area contributed by atoms with Gasteiger partial charge in [0.2, 0.25) is 0 Å². The van der Waals surface area contributed by atoms with Gasteiger partial charge in [-0.2, -0.15) is 13.2 Å². The Balaban J connectivity index is 2.30. The monoisotopic (exact) mass is 339 g/mol.